The Balaban J connectivity index is 2.04. The molecule has 0 aliphatic carbocycles. The quantitative estimate of drug-likeness (QED) is 0.843. The summed E-state index contributed by atoms with van der Waals surface area (Å²) in [5, 5.41) is 6.44. The van der Waals surface area contributed by atoms with E-state index in [1.54, 1.807) is 6.07 Å². The van der Waals surface area contributed by atoms with Crippen molar-refractivity contribution in [3.8, 4) is 0 Å². The first-order valence-electron chi connectivity index (χ1n) is 5.55. The third kappa shape index (κ3) is 3.19. The summed E-state index contributed by atoms with van der Waals surface area (Å²) in [6, 6.07) is 5.22. The summed E-state index contributed by atoms with van der Waals surface area (Å²) >= 11 is 6.01. The fourth-order valence-corrected chi connectivity index (χ4v) is 1.85. The van der Waals surface area contributed by atoms with Gasteiger partial charge in [-0.15, -0.1) is 0 Å². The molecule has 1 unspecified atom stereocenters. The van der Waals surface area contributed by atoms with E-state index in [4.69, 9.17) is 16.3 Å². The lowest BCUT2D eigenvalue weighted by atomic mass is 10.2. The molecule has 1 aromatic rings. The number of morpholine rings is 1. The largest absolute Gasteiger partial charge is 0.378 e. The van der Waals surface area contributed by atoms with Crippen molar-refractivity contribution in [2.24, 2.45) is 0 Å². The van der Waals surface area contributed by atoms with Crippen LogP contribution in [0, 0.1) is 6.92 Å². The number of ether oxygens (including phenoxy) is 1. The molecule has 1 fully saturated rings. The molecule has 0 spiro atoms. The zero-order valence-corrected chi connectivity index (χ0v) is 10.4. The van der Waals surface area contributed by atoms with Gasteiger partial charge in [-0.25, -0.2) is 0 Å². The molecule has 0 saturated carbocycles. The smallest absolute Gasteiger partial charge is 0.243 e. The van der Waals surface area contributed by atoms with E-state index in [9.17, 15) is 4.79 Å². The van der Waals surface area contributed by atoms with Crippen molar-refractivity contribution >= 4 is 23.2 Å². The van der Waals surface area contributed by atoms with Crippen LogP contribution in [0.2, 0.25) is 5.02 Å². The Morgan fingerprint density at radius 1 is 1.59 bits per heavy atom. The first-order valence-corrected chi connectivity index (χ1v) is 5.93. The molecule has 2 rings (SSSR count). The molecule has 2 N–H and O–H groups in total. The number of hydrogen-bond acceptors (Lipinski definition) is 3. The number of rotatable bonds is 2. The third-order valence-electron chi connectivity index (χ3n) is 2.62. The van der Waals surface area contributed by atoms with E-state index in [1.807, 2.05) is 19.1 Å². The van der Waals surface area contributed by atoms with Gasteiger partial charge in [0.1, 0.15) is 6.04 Å². The van der Waals surface area contributed by atoms with Gasteiger partial charge >= 0.3 is 0 Å². The van der Waals surface area contributed by atoms with Crippen molar-refractivity contribution in [1.29, 1.82) is 0 Å². The molecule has 0 bridgehead atoms. The van der Waals surface area contributed by atoms with Crippen molar-refractivity contribution in [3.63, 3.8) is 0 Å². The van der Waals surface area contributed by atoms with Gasteiger partial charge in [0.15, 0.2) is 0 Å². The standard InChI is InChI=1S/C12H15ClN2O2/c1-8-2-3-9(13)10(6-8)15-12(16)11-7-17-5-4-14-11/h2-3,6,11,14H,4-5,7H2,1H3,(H,15,16). The Hall–Kier alpha value is -1.10. The maximum absolute atomic E-state index is 11.9. The minimum atomic E-state index is -0.305. The predicted molar refractivity (Wildman–Crippen MR) is 67.4 cm³/mol. The second-order valence-electron chi connectivity index (χ2n) is 4.05. The molecule has 1 amide bonds. The normalized spacial score (nSPS) is 20.0. The monoisotopic (exact) mass is 254 g/mol. The zero-order valence-electron chi connectivity index (χ0n) is 9.63. The van der Waals surface area contributed by atoms with E-state index in [0.717, 1.165) is 5.56 Å². The average molecular weight is 255 g/mol. The molecule has 0 radical (unpaired) electrons. The molecule has 1 atom stereocenters. The summed E-state index contributed by atoms with van der Waals surface area (Å²) < 4.78 is 5.24. The molecule has 4 nitrogen and oxygen atoms in total. The number of amides is 1. The highest BCUT2D eigenvalue weighted by molar-refractivity contribution is 6.33. The molecule has 92 valence electrons. The molecule has 1 aromatic carbocycles. The molecule has 17 heavy (non-hydrogen) atoms. The van der Waals surface area contributed by atoms with E-state index in [1.165, 1.54) is 0 Å². The highest BCUT2D eigenvalue weighted by Crippen LogP contribution is 2.22. The number of carbonyl (C=O) groups is 1. The fourth-order valence-electron chi connectivity index (χ4n) is 1.69. The maximum atomic E-state index is 11.9. The Bertz CT molecular complexity index is 417. The van der Waals surface area contributed by atoms with Crippen LogP contribution in [0.3, 0.4) is 0 Å². The van der Waals surface area contributed by atoms with Crippen LogP contribution >= 0.6 is 11.6 Å². The van der Waals surface area contributed by atoms with Gasteiger partial charge in [0, 0.05) is 6.54 Å². The van der Waals surface area contributed by atoms with Gasteiger partial charge < -0.3 is 15.4 Å². The third-order valence-corrected chi connectivity index (χ3v) is 2.95. The number of nitrogens with one attached hydrogen (secondary N) is 2. The Morgan fingerprint density at radius 3 is 3.12 bits per heavy atom. The summed E-state index contributed by atoms with van der Waals surface area (Å²) in [7, 11) is 0. The van der Waals surface area contributed by atoms with Crippen LogP contribution in [0.25, 0.3) is 0 Å². The van der Waals surface area contributed by atoms with Crippen molar-refractivity contribution < 1.29 is 9.53 Å². The van der Waals surface area contributed by atoms with Gasteiger partial charge in [-0.05, 0) is 24.6 Å². The number of aryl methyl sites for hydroxylation is 1. The molecule has 1 aliphatic heterocycles. The van der Waals surface area contributed by atoms with Gasteiger partial charge in [-0.2, -0.15) is 0 Å². The Kier molecular flexibility index (Phi) is 3.99. The molecule has 5 heteroatoms. The van der Waals surface area contributed by atoms with Crippen LogP contribution in [0.4, 0.5) is 5.69 Å². The summed E-state index contributed by atoms with van der Waals surface area (Å²) in [4.78, 5) is 11.9. The van der Waals surface area contributed by atoms with E-state index < -0.39 is 0 Å². The number of hydrogen-bond donors (Lipinski definition) is 2. The zero-order chi connectivity index (χ0) is 12.3. The second kappa shape index (κ2) is 5.49. The Labute approximate surface area is 105 Å². The minimum Gasteiger partial charge on any atom is -0.378 e. The molecule has 1 saturated heterocycles. The lowest BCUT2D eigenvalue weighted by Crippen LogP contribution is -2.48. The van der Waals surface area contributed by atoms with Gasteiger partial charge in [0.05, 0.1) is 23.9 Å². The molecule has 1 aliphatic rings. The van der Waals surface area contributed by atoms with Crippen LogP contribution in [0.5, 0.6) is 0 Å². The highest BCUT2D eigenvalue weighted by atomic mass is 35.5. The van der Waals surface area contributed by atoms with Crippen molar-refractivity contribution in [2.45, 2.75) is 13.0 Å². The van der Waals surface area contributed by atoms with Crippen molar-refractivity contribution in [3.05, 3.63) is 28.8 Å². The van der Waals surface area contributed by atoms with Crippen LogP contribution in [-0.4, -0.2) is 31.7 Å². The summed E-state index contributed by atoms with van der Waals surface area (Å²) in [6.45, 7) is 3.69. The van der Waals surface area contributed by atoms with Crippen LogP contribution < -0.4 is 10.6 Å². The number of benzene rings is 1. The number of carbonyl (C=O) groups excluding carboxylic acids is 1. The highest BCUT2D eigenvalue weighted by Gasteiger charge is 2.21. The maximum Gasteiger partial charge on any atom is 0.243 e. The van der Waals surface area contributed by atoms with Crippen molar-refractivity contribution in [1.82, 2.24) is 5.32 Å². The fraction of sp³-hybridized carbons (Fsp3) is 0.417. The van der Waals surface area contributed by atoms with E-state index >= 15 is 0 Å². The van der Waals surface area contributed by atoms with Gasteiger partial charge in [0.25, 0.3) is 0 Å². The lowest BCUT2D eigenvalue weighted by Gasteiger charge is -2.23. The number of anilines is 1. The van der Waals surface area contributed by atoms with Gasteiger partial charge in [-0.1, -0.05) is 17.7 Å². The van der Waals surface area contributed by atoms with E-state index in [0.29, 0.717) is 30.5 Å². The van der Waals surface area contributed by atoms with Crippen LogP contribution in [0.1, 0.15) is 5.56 Å². The number of halogens is 1. The van der Waals surface area contributed by atoms with Gasteiger partial charge in [0.2, 0.25) is 5.91 Å². The van der Waals surface area contributed by atoms with E-state index in [2.05, 4.69) is 10.6 Å². The summed E-state index contributed by atoms with van der Waals surface area (Å²) in [5.74, 6) is -0.114. The van der Waals surface area contributed by atoms with Crippen LogP contribution in [-0.2, 0) is 9.53 Å². The minimum absolute atomic E-state index is 0.114. The topological polar surface area (TPSA) is 50.4 Å². The van der Waals surface area contributed by atoms with Crippen molar-refractivity contribution in [2.75, 3.05) is 25.1 Å². The molecule has 1 heterocycles. The van der Waals surface area contributed by atoms with Gasteiger partial charge in [-0.3, -0.25) is 4.79 Å². The summed E-state index contributed by atoms with van der Waals surface area (Å²) in [5.41, 5.74) is 1.70. The first kappa shape index (κ1) is 12.4. The first-order chi connectivity index (χ1) is 8.16. The SMILES string of the molecule is Cc1ccc(Cl)c(NC(=O)C2COCCN2)c1. The van der Waals surface area contributed by atoms with Crippen LogP contribution in [0.15, 0.2) is 18.2 Å². The second-order valence-corrected chi connectivity index (χ2v) is 4.46. The molecular formula is C12H15ClN2O2. The molecular weight excluding hydrogens is 240 g/mol. The molecule has 0 aromatic heterocycles. The Morgan fingerprint density at radius 2 is 2.41 bits per heavy atom. The summed E-state index contributed by atoms with van der Waals surface area (Å²) in [6.07, 6.45) is 0. The predicted octanol–water partition coefficient (Wildman–Crippen LogP) is 1.58. The average Bonchev–Trinajstić information content (AvgIpc) is 2.35. The lowest BCUT2D eigenvalue weighted by molar-refractivity contribution is -0.120. The van der Waals surface area contributed by atoms with E-state index in [-0.39, 0.29) is 11.9 Å².